The molecule has 0 saturated heterocycles. The minimum atomic E-state index is -4.52. The standard InChI is InChI=1S/C11H10F3N3O/c12-11(13,14)10-15-9(16-17-10)6-7-18-8-4-2-1-3-5-8/h1-5H,6-7H2,(H,15,16,17). The molecule has 0 spiro atoms. The number of nitrogens with zero attached hydrogens (tertiary/aromatic N) is 2. The molecule has 0 atom stereocenters. The third kappa shape index (κ3) is 3.22. The average molecular weight is 257 g/mol. The summed E-state index contributed by atoms with van der Waals surface area (Å²) in [5.41, 5.74) is 0. The summed E-state index contributed by atoms with van der Waals surface area (Å²) in [4.78, 5) is 3.34. The van der Waals surface area contributed by atoms with E-state index in [2.05, 4.69) is 15.2 Å². The predicted molar refractivity (Wildman–Crippen MR) is 57.0 cm³/mol. The number of aromatic amines is 1. The van der Waals surface area contributed by atoms with Gasteiger partial charge < -0.3 is 4.74 Å². The number of H-pyrrole nitrogens is 1. The van der Waals surface area contributed by atoms with Gasteiger partial charge >= 0.3 is 6.18 Å². The van der Waals surface area contributed by atoms with E-state index in [4.69, 9.17) is 4.74 Å². The van der Waals surface area contributed by atoms with Crippen molar-refractivity contribution < 1.29 is 17.9 Å². The maximum absolute atomic E-state index is 12.2. The van der Waals surface area contributed by atoms with E-state index in [0.29, 0.717) is 5.75 Å². The zero-order valence-corrected chi connectivity index (χ0v) is 9.24. The third-order valence-corrected chi connectivity index (χ3v) is 2.14. The van der Waals surface area contributed by atoms with Crippen LogP contribution in [0.1, 0.15) is 11.6 Å². The van der Waals surface area contributed by atoms with Crippen molar-refractivity contribution in [1.82, 2.24) is 15.2 Å². The molecule has 1 N–H and O–H groups in total. The summed E-state index contributed by atoms with van der Waals surface area (Å²) in [6, 6.07) is 9.00. The Labute approximate surface area is 101 Å². The lowest BCUT2D eigenvalue weighted by Gasteiger charge is -2.03. The molecule has 1 aromatic heterocycles. The first-order valence-electron chi connectivity index (χ1n) is 5.22. The van der Waals surface area contributed by atoms with E-state index in [1.165, 1.54) is 0 Å². The van der Waals surface area contributed by atoms with Crippen molar-refractivity contribution in [3.05, 3.63) is 42.0 Å². The second-order valence-corrected chi connectivity index (χ2v) is 3.51. The molecule has 0 aliphatic heterocycles. The summed E-state index contributed by atoms with van der Waals surface area (Å²) in [6.45, 7) is 0.233. The van der Waals surface area contributed by atoms with Gasteiger partial charge in [0.2, 0.25) is 0 Å². The Morgan fingerprint density at radius 2 is 1.89 bits per heavy atom. The number of rotatable bonds is 4. The van der Waals surface area contributed by atoms with Crippen LogP contribution in [-0.4, -0.2) is 21.8 Å². The van der Waals surface area contributed by atoms with Crippen LogP contribution in [0.2, 0.25) is 0 Å². The molecule has 0 radical (unpaired) electrons. The predicted octanol–water partition coefficient (Wildman–Crippen LogP) is 2.45. The van der Waals surface area contributed by atoms with Gasteiger partial charge in [0.15, 0.2) is 0 Å². The Kier molecular flexibility index (Phi) is 3.50. The molecule has 1 heterocycles. The van der Waals surface area contributed by atoms with E-state index >= 15 is 0 Å². The van der Waals surface area contributed by atoms with Gasteiger partial charge in [0.05, 0.1) is 6.61 Å². The van der Waals surface area contributed by atoms with Gasteiger partial charge in [-0.1, -0.05) is 18.2 Å². The lowest BCUT2D eigenvalue weighted by atomic mass is 10.3. The van der Waals surface area contributed by atoms with E-state index in [1.807, 2.05) is 18.2 Å². The molecule has 0 amide bonds. The Morgan fingerprint density at radius 3 is 2.50 bits per heavy atom. The van der Waals surface area contributed by atoms with Crippen molar-refractivity contribution in [2.45, 2.75) is 12.6 Å². The van der Waals surface area contributed by atoms with Crippen LogP contribution in [0.5, 0.6) is 5.75 Å². The number of nitrogens with one attached hydrogen (secondary N) is 1. The van der Waals surface area contributed by atoms with Gasteiger partial charge in [-0.3, -0.25) is 5.10 Å². The molecule has 0 bridgehead atoms. The highest BCUT2D eigenvalue weighted by Crippen LogP contribution is 2.25. The molecule has 0 aliphatic rings. The lowest BCUT2D eigenvalue weighted by molar-refractivity contribution is -0.144. The first kappa shape index (κ1) is 12.4. The summed E-state index contributed by atoms with van der Waals surface area (Å²) in [5.74, 6) is -0.344. The molecule has 0 fully saturated rings. The minimum absolute atomic E-state index is 0.151. The first-order chi connectivity index (χ1) is 8.55. The van der Waals surface area contributed by atoms with Crippen molar-refractivity contribution in [2.75, 3.05) is 6.61 Å². The van der Waals surface area contributed by atoms with Gasteiger partial charge in [0, 0.05) is 6.42 Å². The number of halogens is 3. The molecule has 0 saturated carbocycles. The summed E-state index contributed by atoms with van der Waals surface area (Å²) in [6.07, 6.45) is -4.28. The molecule has 1 aromatic carbocycles. The Balaban J connectivity index is 1.86. The fourth-order valence-electron chi connectivity index (χ4n) is 1.32. The quantitative estimate of drug-likeness (QED) is 0.915. The molecule has 0 aliphatic carbocycles. The zero-order chi connectivity index (χ0) is 13.0. The van der Waals surface area contributed by atoms with Crippen molar-refractivity contribution in [2.24, 2.45) is 0 Å². The third-order valence-electron chi connectivity index (χ3n) is 2.14. The molecule has 7 heteroatoms. The number of benzene rings is 1. The van der Waals surface area contributed by atoms with E-state index in [0.717, 1.165) is 0 Å². The summed E-state index contributed by atoms with van der Waals surface area (Å²) in [5, 5.41) is 5.33. The molecule has 96 valence electrons. The largest absolute Gasteiger partial charge is 0.493 e. The Morgan fingerprint density at radius 1 is 1.17 bits per heavy atom. The van der Waals surface area contributed by atoms with Gasteiger partial charge in [0.25, 0.3) is 5.82 Å². The van der Waals surface area contributed by atoms with Crippen LogP contribution in [-0.2, 0) is 12.6 Å². The molecule has 0 unspecified atom stereocenters. The number of para-hydroxylation sites is 1. The van der Waals surface area contributed by atoms with Crippen molar-refractivity contribution >= 4 is 0 Å². The van der Waals surface area contributed by atoms with E-state index in [1.54, 1.807) is 12.1 Å². The minimum Gasteiger partial charge on any atom is -0.493 e. The van der Waals surface area contributed by atoms with Crippen LogP contribution in [0.25, 0.3) is 0 Å². The summed E-state index contributed by atoms with van der Waals surface area (Å²) in [7, 11) is 0. The monoisotopic (exact) mass is 257 g/mol. The van der Waals surface area contributed by atoms with Gasteiger partial charge in [-0.2, -0.15) is 13.2 Å². The van der Waals surface area contributed by atoms with Crippen LogP contribution >= 0.6 is 0 Å². The summed E-state index contributed by atoms with van der Waals surface area (Å²) < 4.78 is 42.0. The lowest BCUT2D eigenvalue weighted by Crippen LogP contribution is -2.08. The van der Waals surface area contributed by atoms with E-state index in [-0.39, 0.29) is 18.9 Å². The Bertz CT molecular complexity index is 496. The van der Waals surface area contributed by atoms with Crippen molar-refractivity contribution in [3.63, 3.8) is 0 Å². The van der Waals surface area contributed by atoms with Crippen molar-refractivity contribution in [1.29, 1.82) is 0 Å². The van der Waals surface area contributed by atoms with E-state index < -0.39 is 12.0 Å². The second kappa shape index (κ2) is 5.07. The average Bonchev–Trinajstić information content (AvgIpc) is 2.79. The number of aromatic nitrogens is 3. The molecule has 18 heavy (non-hydrogen) atoms. The topological polar surface area (TPSA) is 50.8 Å². The molecular formula is C11H10F3N3O. The molecule has 2 rings (SSSR count). The van der Waals surface area contributed by atoms with Crippen LogP contribution in [0.4, 0.5) is 13.2 Å². The van der Waals surface area contributed by atoms with Crippen LogP contribution in [0, 0.1) is 0 Å². The first-order valence-corrected chi connectivity index (χ1v) is 5.22. The number of hydrogen-bond acceptors (Lipinski definition) is 3. The fraction of sp³-hybridized carbons (Fsp3) is 0.273. The molecule has 4 nitrogen and oxygen atoms in total. The fourth-order valence-corrected chi connectivity index (χ4v) is 1.32. The zero-order valence-electron chi connectivity index (χ0n) is 9.24. The van der Waals surface area contributed by atoms with E-state index in [9.17, 15) is 13.2 Å². The SMILES string of the molecule is FC(F)(F)c1n[nH]c(CCOc2ccccc2)n1. The molecule has 2 aromatic rings. The number of alkyl halides is 3. The van der Waals surface area contributed by atoms with Crippen LogP contribution < -0.4 is 4.74 Å². The maximum Gasteiger partial charge on any atom is 0.453 e. The number of ether oxygens (including phenoxy) is 1. The summed E-state index contributed by atoms with van der Waals surface area (Å²) >= 11 is 0. The van der Waals surface area contributed by atoms with Crippen LogP contribution in [0.3, 0.4) is 0 Å². The highest BCUT2D eigenvalue weighted by atomic mass is 19.4. The maximum atomic E-state index is 12.2. The normalized spacial score (nSPS) is 11.5. The highest BCUT2D eigenvalue weighted by Gasteiger charge is 2.35. The van der Waals surface area contributed by atoms with Crippen LogP contribution in [0.15, 0.2) is 30.3 Å². The second-order valence-electron chi connectivity index (χ2n) is 3.51. The highest BCUT2D eigenvalue weighted by molar-refractivity contribution is 5.20. The van der Waals surface area contributed by atoms with Gasteiger partial charge in [-0.05, 0) is 12.1 Å². The van der Waals surface area contributed by atoms with Gasteiger partial charge in [0.1, 0.15) is 11.6 Å². The van der Waals surface area contributed by atoms with Crippen molar-refractivity contribution in [3.8, 4) is 5.75 Å². The Hall–Kier alpha value is -2.05. The molecular weight excluding hydrogens is 247 g/mol. The van der Waals surface area contributed by atoms with Gasteiger partial charge in [-0.15, -0.1) is 5.10 Å². The number of hydrogen-bond donors (Lipinski definition) is 1. The smallest absolute Gasteiger partial charge is 0.453 e. The van der Waals surface area contributed by atoms with Gasteiger partial charge in [-0.25, -0.2) is 4.98 Å².